The van der Waals surface area contributed by atoms with Gasteiger partial charge in [-0.25, -0.2) is 10.2 Å². The van der Waals surface area contributed by atoms with Crippen LogP contribution >= 0.6 is 0 Å². The molecule has 0 bridgehead atoms. The van der Waals surface area contributed by atoms with Crippen LogP contribution in [-0.2, 0) is 36.8 Å². The molecule has 3 rings (SSSR count). The Balaban J connectivity index is 1.72. The highest BCUT2D eigenvalue weighted by molar-refractivity contribution is 5.96. The molecule has 0 saturated carbocycles. The maximum Gasteiger partial charge on any atom is 0.334 e. The molecular weight excluding hydrogens is 745 g/mol. The average molecular weight is 805 g/mol. The van der Waals surface area contributed by atoms with Crippen molar-refractivity contribution in [1.29, 1.82) is 5.41 Å². The van der Waals surface area contributed by atoms with Gasteiger partial charge in [0.15, 0.2) is 5.96 Å². The molecule has 0 aliphatic heterocycles. The number of hydrazine groups is 1. The number of nitrogens with two attached hydrogens (primary N) is 2. The van der Waals surface area contributed by atoms with Crippen LogP contribution in [0.15, 0.2) is 60.8 Å². The fraction of sp³-hybridized carbons (Fsp3) is 0.475. The Morgan fingerprint density at radius 3 is 1.90 bits per heavy atom. The van der Waals surface area contributed by atoms with Crippen LogP contribution < -0.4 is 54.2 Å². The first-order chi connectivity index (χ1) is 27.6. The van der Waals surface area contributed by atoms with Crippen molar-refractivity contribution in [1.82, 2.24) is 47.7 Å². The third-order valence-electron chi connectivity index (χ3n) is 9.22. The lowest BCUT2D eigenvalue weighted by Gasteiger charge is -2.27. The van der Waals surface area contributed by atoms with Crippen LogP contribution in [-0.4, -0.2) is 90.3 Å². The van der Waals surface area contributed by atoms with E-state index in [1.807, 2.05) is 82.3 Å². The molecule has 316 valence electrons. The summed E-state index contributed by atoms with van der Waals surface area (Å²) in [6.45, 7) is 7.74. The van der Waals surface area contributed by atoms with Gasteiger partial charge in [0.25, 0.3) is 5.91 Å². The number of hydrogen-bond acceptors (Lipinski definition) is 8. The number of aromatic nitrogens is 1. The number of carbonyl (C=O) groups is 6. The molecule has 0 saturated heterocycles. The molecule has 18 nitrogen and oxygen atoms in total. The zero-order valence-electron chi connectivity index (χ0n) is 33.9. The van der Waals surface area contributed by atoms with Crippen LogP contribution in [0.4, 0.5) is 4.79 Å². The second kappa shape index (κ2) is 23.2. The van der Waals surface area contributed by atoms with Gasteiger partial charge in [-0.3, -0.25) is 34.8 Å². The molecule has 1 heterocycles. The molecule has 0 aliphatic carbocycles. The standard InChI is InChI=1S/C40H60N12O6/c1-23(2)18-32(49-38(57)33(19-24(3)4)50-40(58)52-51-35(54)28(41)20-25-12-7-6-8-13-25)37(56)47-30(16-11-17-45-39(43)44-5)36(55)48-31(34(42)53)21-26-22-46-29-15-10-9-14-27(26)29/h6-10,12-15,22-24,28,30-33,46H,11,16-21,41H2,1-5H3,(H2,42,53)(H,47,56)(H,48,55)(H,49,57)(H,51,54)(H3,43,44,45)(H2,50,52,58)/t28-,30-,31-,32-,33-/m0/s1. The topological polar surface area (TPSA) is 290 Å². The first-order valence-corrected chi connectivity index (χ1v) is 19.5. The Kier molecular flexibility index (Phi) is 18.4. The number of nitrogens with one attached hydrogen (secondary N) is 10. The predicted molar refractivity (Wildman–Crippen MR) is 222 cm³/mol. The summed E-state index contributed by atoms with van der Waals surface area (Å²) < 4.78 is 0. The summed E-state index contributed by atoms with van der Waals surface area (Å²) in [5.74, 6) is -3.42. The van der Waals surface area contributed by atoms with Crippen molar-refractivity contribution < 1.29 is 28.8 Å². The van der Waals surface area contributed by atoms with Gasteiger partial charge in [-0.2, -0.15) is 0 Å². The maximum atomic E-state index is 14.0. The maximum absolute atomic E-state index is 14.0. The molecular formula is C40H60N12O6. The largest absolute Gasteiger partial charge is 0.368 e. The van der Waals surface area contributed by atoms with E-state index in [2.05, 4.69) is 47.7 Å². The van der Waals surface area contributed by atoms with Crippen molar-refractivity contribution >= 4 is 52.4 Å². The number of hydrogen-bond donors (Lipinski definition) is 12. The number of rotatable bonds is 21. The molecule has 3 aromatic rings. The zero-order valence-corrected chi connectivity index (χ0v) is 33.9. The van der Waals surface area contributed by atoms with Crippen molar-refractivity contribution in [2.75, 3.05) is 13.6 Å². The van der Waals surface area contributed by atoms with E-state index in [4.69, 9.17) is 16.9 Å². The third-order valence-corrected chi connectivity index (χ3v) is 9.22. The van der Waals surface area contributed by atoms with Gasteiger partial charge in [-0.1, -0.05) is 76.2 Å². The summed E-state index contributed by atoms with van der Waals surface area (Å²) in [5, 5.41) is 25.0. The van der Waals surface area contributed by atoms with E-state index in [1.54, 1.807) is 13.2 Å². The highest BCUT2D eigenvalue weighted by Crippen LogP contribution is 2.19. The van der Waals surface area contributed by atoms with Crippen LogP contribution in [0.2, 0.25) is 0 Å². The normalized spacial score (nSPS) is 13.7. The molecule has 1 aromatic heterocycles. The average Bonchev–Trinajstić information content (AvgIpc) is 3.59. The zero-order chi connectivity index (χ0) is 42.8. The first kappa shape index (κ1) is 46.2. The van der Waals surface area contributed by atoms with E-state index in [0.29, 0.717) is 13.0 Å². The Bertz CT molecular complexity index is 1850. The fourth-order valence-corrected chi connectivity index (χ4v) is 6.21. The number of urea groups is 1. The Hall–Kier alpha value is -6.17. The predicted octanol–water partition coefficient (Wildman–Crippen LogP) is 0.535. The monoisotopic (exact) mass is 804 g/mol. The Morgan fingerprint density at radius 1 is 0.707 bits per heavy atom. The molecule has 0 spiro atoms. The van der Waals surface area contributed by atoms with Gasteiger partial charge in [0, 0.05) is 37.1 Å². The lowest BCUT2D eigenvalue weighted by Crippen LogP contribution is -2.60. The van der Waals surface area contributed by atoms with Crippen molar-refractivity contribution in [3.63, 3.8) is 0 Å². The molecule has 0 radical (unpaired) electrons. The van der Waals surface area contributed by atoms with Crippen LogP contribution in [0.3, 0.4) is 0 Å². The Morgan fingerprint density at radius 2 is 1.28 bits per heavy atom. The van der Waals surface area contributed by atoms with Gasteiger partial charge in [0.1, 0.15) is 24.2 Å². The molecule has 0 aliphatic rings. The van der Waals surface area contributed by atoms with Gasteiger partial charge in [0.05, 0.1) is 6.04 Å². The summed E-state index contributed by atoms with van der Waals surface area (Å²) in [6, 6.07) is 10.4. The van der Waals surface area contributed by atoms with Gasteiger partial charge in [0.2, 0.25) is 23.6 Å². The van der Waals surface area contributed by atoms with E-state index < -0.39 is 65.8 Å². The summed E-state index contributed by atoms with van der Waals surface area (Å²) in [5.41, 5.74) is 18.7. The molecule has 2 aromatic carbocycles. The van der Waals surface area contributed by atoms with Crippen molar-refractivity contribution in [2.45, 2.75) is 96.4 Å². The second-order valence-electron chi connectivity index (χ2n) is 15.0. The van der Waals surface area contributed by atoms with Gasteiger partial charge in [-0.15, -0.1) is 0 Å². The highest BCUT2D eigenvalue weighted by atomic mass is 16.2. The van der Waals surface area contributed by atoms with Crippen molar-refractivity contribution in [2.24, 2.45) is 23.3 Å². The second-order valence-corrected chi connectivity index (χ2v) is 15.0. The van der Waals surface area contributed by atoms with E-state index in [-0.39, 0.29) is 49.9 Å². The quantitative estimate of drug-likeness (QED) is 0.0309. The third kappa shape index (κ3) is 15.4. The van der Waals surface area contributed by atoms with Gasteiger partial charge in [-0.05, 0) is 61.1 Å². The lowest BCUT2D eigenvalue weighted by atomic mass is 9.99. The van der Waals surface area contributed by atoms with E-state index in [0.717, 1.165) is 22.0 Å². The van der Waals surface area contributed by atoms with E-state index >= 15 is 0 Å². The molecule has 58 heavy (non-hydrogen) atoms. The number of para-hydroxylation sites is 1. The van der Waals surface area contributed by atoms with Crippen LogP contribution in [0.25, 0.3) is 10.9 Å². The number of guanidine groups is 1. The van der Waals surface area contributed by atoms with Crippen molar-refractivity contribution in [3.05, 3.63) is 71.9 Å². The number of primary amides is 1. The van der Waals surface area contributed by atoms with Crippen LogP contribution in [0, 0.1) is 17.2 Å². The molecule has 5 atom stereocenters. The number of benzene rings is 2. The number of aromatic amines is 1. The SMILES string of the molecule is CNC(=N)NCCC[C@H](NC(=O)[C@H](CC(C)C)NC(=O)[C@H](CC(C)C)NC(=O)NNC(=O)[C@@H](N)Cc1ccccc1)C(=O)N[C@@H](Cc1c[nH]c2ccccc12)C(N)=O. The molecule has 0 unspecified atom stereocenters. The number of fused-ring (bicyclic) bond motifs is 1. The van der Waals surface area contributed by atoms with Gasteiger partial charge >= 0.3 is 6.03 Å². The number of carbonyl (C=O) groups excluding carboxylic acids is 6. The lowest BCUT2D eigenvalue weighted by molar-refractivity contribution is -0.134. The summed E-state index contributed by atoms with van der Waals surface area (Å²) in [6.07, 6.45) is 2.93. The fourth-order valence-electron chi connectivity index (χ4n) is 6.21. The summed E-state index contributed by atoms with van der Waals surface area (Å²) in [4.78, 5) is 82.8. The van der Waals surface area contributed by atoms with Crippen LogP contribution in [0.1, 0.15) is 64.5 Å². The minimum Gasteiger partial charge on any atom is -0.368 e. The minimum absolute atomic E-state index is 0.0594. The number of H-pyrrole nitrogens is 1. The smallest absolute Gasteiger partial charge is 0.334 e. The number of amides is 7. The molecule has 7 amide bonds. The molecule has 18 heteroatoms. The summed E-state index contributed by atoms with van der Waals surface area (Å²) >= 11 is 0. The first-order valence-electron chi connectivity index (χ1n) is 19.5. The molecule has 14 N–H and O–H groups in total. The van der Waals surface area contributed by atoms with Crippen molar-refractivity contribution in [3.8, 4) is 0 Å². The van der Waals surface area contributed by atoms with Gasteiger partial charge < -0.3 is 48.4 Å². The van der Waals surface area contributed by atoms with Crippen LogP contribution in [0.5, 0.6) is 0 Å². The minimum atomic E-state index is -1.15. The van der Waals surface area contributed by atoms with E-state index in [1.165, 1.54) is 0 Å². The van der Waals surface area contributed by atoms with E-state index in [9.17, 15) is 28.8 Å². The Labute approximate surface area is 339 Å². The highest BCUT2D eigenvalue weighted by Gasteiger charge is 2.32. The summed E-state index contributed by atoms with van der Waals surface area (Å²) in [7, 11) is 1.59. The molecule has 0 fully saturated rings.